The minimum absolute atomic E-state index is 0.899. The van der Waals surface area contributed by atoms with E-state index in [-0.39, 0.29) is 0 Å². The van der Waals surface area contributed by atoms with Gasteiger partial charge in [0.05, 0.1) is 0 Å². The highest BCUT2D eigenvalue weighted by molar-refractivity contribution is 4.89. The van der Waals surface area contributed by atoms with Gasteiger partial charge in [-0.15, -0.1) is 0 Å². The van der Waals surface area contributed by atoms with E-state index >= 15 is 0 Å². The predicted molar refractivity (Wildman–Crippen MR) is 76.8 cm³/mol. The standard InChI is InChI=1S/C16H30N2/c1-2-14-6-8-15(9-7-14)18-12-11-17-10-4-3-5-16(17)13-18/h14-16H,2-13H2,1H3. The lowest BCUT2D eigenvalue weighted by molar-refractivity contribution is 0.0144. The van der Waals surface area contributed by atoms with E-state index in [0.717, 1.165) is 18.0 Å². The molecule has 104 valence electrons. The molecule has 1 aliphatic carbocycles. The van der Waals surface area contributed by atoms with Crippen LogP contribution < -0.4 is 0 Å². The van der Waals surface area contributed by atoms with Crippen molar-refractivity contribution in [1.29, 1.82) is 0 Å². The van der Waals surface area contributed by atoms with Crippen LogP contribution in [0.25, 0.3) is 0 Å². The summed E-state index contributed by atoms with van der Waals surface area (Å²) >= 11 is 0. The predicted octanol–water partition coefficient (Wildman–Crippen LogP) is 3.13. The molecule has 1 unspecified atom stereocenters. The Hall–Kier alpha value is -0.0800. The second kappa shape index (κ2) is 5.92. The first-order valence-corrected chi connectivity index (χ1v) is 8.35. The van der Waals surface area contributed by atoms with E-state index in [0.29, 0.717) is 0 Å². The van der Waals surface area contributed by atoms with Crippen molar-refractivity contribution in [3.8, 4) is 0 Å². The smallest absolute Gasteiger partial charge is 0.0223 e. The summed E-state index contributed by atoms with van der Waals surface area (Å²) in [5, 5.41) is 0. The van der Waals surface area contributed by atoms with Crippen LogP contribution in [0.5, 0.6) is 0 Å². The van der Waals surface area contributed by atoms with Crippen molar-refractivity contribution < 1.29 is 0 Å². The molecule has 0 amide bonds. The Labute approximate surface area is 113 Å². The second-order valence-electron chi connectivity index (χ2n) is 6.76. The van der Waals surface area contributed by atoms with Crippen LogP contribution >= 0.6 is 0 Å². The molecule has 0 aromatic rings. The van der Waals surface area contributed by atoms with Crippen molar-refractivity contribution in [3.63, 3.8) is 0 Å². The first kappa shape index (κ1) is 12.9. The van der Waals surface area contributed by atoms with Gasteiger partial charge in [0.2, 0.25) is 0 Å². The molecule has 0 aromatic heterocycles. The molecule has 18 heavy (non-hydrogen) atoms. The topological polar surface area (TPSA) is 6.48 Å². The Kier molecular flexibility index (Phi) is 4.25. The van der Waals surface area contributed by atoms with Gasteiger partial charge in [-0.25, -0.2) is 0 Å². The summed E-state index contributed by atoms with van der Waals surface area (Å²) in [5.41, 5.74) is 0. The van der Waals surface area contributed by atoms with E-state index < -0.39 is 0 Å². The zero-order chi connectivity index (χ0) is 12.4. The third-order valence-corrected chi connectivity index (χ3v) is 5.78. The van der Waals surface area contributed by atoms with Gasteiger partial charge >= 0.3 is 0 Å². The quantitative estimate of drug-likeness (QED) is 0.743. The fourth-order valence-electron chi connectivity index (χ4n) is 4.43. The zero-order valence-electron chi connectivity index (χ0n) is 12.1. The lowest BCUT2D eigenvalue weighted by atomic mass is 9.83. The number of piperidine rings is 1. The van der Waals surface area contributed by atoms with Crippen molar-refractivity contribution in [2.75, 3.05) is 26.2 Å². The van der Waals surface area contributed by atoms with Gasteiger partial charge < -0.3 is 0 Å². The molecule has 0 aromatic carbocycles. The largest absolute Gasteiger partial charge is 0.298 e. The molecule has 2 nitrogen and oxygen atoms in total. The summed E-state index contributed by atoms with van der Waals surface area (Å²) in [4.78, 5) is 5.61. The van der Waals surface area contributed by atoms with Gasteiger partial charge in [-0.3, -0.25) is 9.80 Å². The van der Waals surface area contributed by atoms with Crippen molar-refractivity contribution in [1.82, 2.24) is 9.80 Å². The van der Waals surface area contributed by atoms with E-state index in [9.17, 15) is 0 Å². The molecule has 3 fully saturated rings. The first-order chi connectivity index (χ1) is 8.86. The maximum atomic E-state index is 2.85. The van der Waals surface area contributed by atoms with Crippen LogP contribution in [0, 0.1) is 5.92 Å². The lowest BCUT2D eigenvalue weighted by Gasteiger charge is -2.47. The van der Waals surface area contributed by atoms with E-state index in [2.05, 4.69) is 16.7 Å². The Bertz CT molecular complexity index is 258. The second-order valence-corrected chi connectivity index (χ2v) is 6.76. The number of rotatable bonds is 2. The molecule has 3 rings (SSSR count). The Morgan fingerprint density at radius 3 is 2.33 bits per heavy atom. The number of hydrogen-bond acceptors (Lipinski definition) is 2. The minimum atomic E-state index is 0.899. The highest BCUT2D eigenvalue weighted by atomic mass is 15.3. The van der Waals surface area contributed by atoms with Crippen molar-refractivity contribution in [2.24, 2.45) is 5.92 Å². The monoisotopic (exact) mass is 250 g/mol. The highest BCUT2D eigenvalue weighted by Gasteiger charge is 2.33. The third-order valence-electron chi connectivity index (χ3n) is 5.78. The Morgan fingerprint density at radius 2 is 1.56 bits per heavy atom. The van der Waals surface area contributed by atoms with Crippen LogP contribution in [0.3, 0.4) is 0 Å². The van der Waals surface area contributed by atoms with Crippen LogP contribution in [0.1, 0.15) is 58.3 Å². The normalized spacial score (nSPS) is 39.5. The third kappa shape index (κ3) is 2.75. The first-order valence-electron chi connectivity index (χ1n) is 8.35. The summed E-state index contributed by atoms with van der Waals surface area (Å²) in [5.74, 6) is 1.04. The van der Waals surface area contributed by atoms with Crippen LogP contribution in [0.2, 0.25) is 0 Å². The van der Waals surface area contributed by atoms with Gasteiger partial charge in [0, 0.05) is 31.7 Å². The summed E-state index contributed by atoms with van der Waals surface area (Å²) in [7, 11) is 0. The van der Waals surface area contributed by atoms with Crippen LogP contribution in [-0.4, -0.2) is 48.1 Å². The summed E-state index contributed by atoms with van der Waals surface area (Å²) in [6.45, 7) is 7.81. The van der Waals surface area contributed by atoms with Gasteiger partial charge in [-0.05, 0) is 51.0 Å². The number of hydrogen-bond donors (Lipinski definition) is 0. The van der Waals surface area contributed by atoms with E-state index in [1.165, 1.54) is 77.5 Å². The maximum Gasteiger partial charge on any atom is 0.0223 e. The zero-order valence-corrected chi connectivity index (χ0v) is 12.1. The van der Waals surface area contributed by atoms with Gasteiger partial charge in [-0.2, -0.15) is 0 Å². The molecule has 0 spiro atoms. The van der Waals surface area contributed by atoms with Gasteiger partial charge in [0.25, 0.3) is 0 Å². The molecular formula is C16H30N2. The number of piperazine rings is 1. The summed E-state index contributed by atoms with van der Waals surface area (Å²) < 4.78 is 0. The lowest BCUT2D eigenvalue weighted by Crippen LogP contribution is -2.57. The molecule has 2 heterocycles. The van der Waals surface area contributed by atoms with Crippen molar-refractivity contribution in [3.05, 3.63) is 0 Å². The molecule has 2 aliphatic heterocycles. The Morgan fingerprint density at radius 1 is 0.778 bits per heavy atom. The fraction of sp³-hybridized carbons (Fsp3) is 1.00. The maximum absolute atomic E-state index is 2.85. The molecule has 2 saturated heterocycles. The fourth-order valence-corrected chi connectivity index (χ4v) is 4.43. The molecule has 1 saturated carbocycles. The van der Waals surface area contributed by atoms with E-state index in [1.807, 2.05) is 0 Å². The number of nitrogens with zero attached hydrogens (tertiary/aromatic N) is 2. The van der Waals surface area contributed by atoms with Gasteiger partial charge in [0.1, 0.15) is 0 Å². The van der Waals surface area contributed by atoms with Crippen molar-refractivity contribution in [2.45, 2.75) is 70.4 Å². The van der Waals surface area contributed by atoms with Crippen LogP contribution in [0.15, 0.2) is 0 Å². The molecule has 0 N–H and O–H groups in total. The molecule has 2 heteroatoms. The van der Waals surface area contributed by atoms with Gasteiger partial charge in [-0.1, -0.05) is 19.8 Å². The molecule has 0 bridgehead atoms. The SMILES string of the molecule is CCC1CCC(N2CCN3CCCCC3C2)CC1. The molecular weight excluding hydrogens is 220 g/mol. The molecule has 1 atom stereocenters. The Balaban J connectivity index is 1.51. The van der Waals surface area contributed by atoms with E-state index in [1.54, 1.807) is 0 Å². The summed E-state index contributed by atoms with van der Waals surface area (Å²) in [6.07, 6.45) is 11.7. The highest BCUT2D eigenvalue weighted by Crippen LogP contribution is 2.31. The average Bonchev–Trinajstić information content (AvgIpc) is 2.47. The van der Waals surface area contributed by atoms with E-state index in [4.69, 9.17) is 0 Å². The van der Waals surface area contributed by atoms with Crippen molar-refractivity contribution >= 4 is 0 Å². The van der Waals surface area contributed by atoms with Crippen LogP contribution in [-0.2, 0) is 0 Å². The summed E-state index contributed by atoms with van der Waals surface area (Å²) in [6, 6.07) is 1.83. The minimum Gasteiger partial charge on any atom is -0.298 e. The van der Waals surface area contributed by atoms with Gasteiger partial charge in [0.15, 0.2) is 0 Å². The molecule has 0 radical (unpaired) electrons. The number of fused-ring (bicyclic) bond motifs is 1. The molecule has 3 aliphatic rings. The van der Waals surface area contributed by atoms with Crippen LogP contribution in [0.4, 0.5) is 0 Å². The average molecular weight is 250 g/mol.